The van der Waals surface area contributed by atoms with E-state index in [1.165, 1.54) is 17.1 Å². The quantitative estimate of drug-likeness (QED) is 0.779. The second-order valence-electron chi connectivity index (χ2n) is 6.19. The molecule has 0 saturated carbocycles. The zero-order chi connectivity index (χ0) is 17.7. The number of benzene rings is 1. The lowest BCUT2D eigenvalue weighted by Gasteiger charge is -2.22. The summed E-state index contributed by atoms with van der Waals surface area (Å²) in [5.74, 6) is 1.17. The summed E-state index contributed by atoms with van der Waals surface area (Å²) in [6, 6.07) is 7.34. The van der Waals surface area contributed by atoms with Gasteiger partial charge in [0.05, 0.1) is 19.5 Å². The van der Waals surface area contributed by atoms with Crippen LogP contribution in [-0.4, -0.2) is 44.9 Å². The molecule has 1 unspecified atom stereocenters. The largest absolute Gasteiger partial charge is 0.494 e. The van der Waals surface area contributed by atoms with Crippen LogP contribution in [0.2, 0.25) is 0 Å². The summed E-state index contributed by atoms with van der Waals surface area (Å²) < 4.78 is 34.4. The van der Waals surface area contributed by atoms with Crippen LogP contribution in [0, 0.1) is 5.92 Å². The van der Waals surface area contributed by atoms with Crippen molar-refractivity contribution in [3.05, 3.63) is 36.7 Å². The van der Waals surface area contributed by atoms with Crippen molar-refractivity contribution in [1.29, 1.82) is 0 Å². The SMILES string of the molecule is COc1ccccc1-n1cc(S(=O)(=O)NCCC2CCCNC2)cn1. The topological polar surface area (TPSA) is 85.2 Å². The van der Waals surface area contributed by atoms with Gasteiger partial charge in [-0.15, -0.1) is 0 Å². The second kappa shape index (κ2) is 7.99. The van der Waals surface area contributed by atoms with Crippen LogP contribution in [0.4, 0.5) is 0 Å². The molecule has 7 nitrogen and oxygen atoms in total. The molecule has 25 heavy (non-hydrogen) atoms. The Morgan fingerprint density at radius 2 is 2.24 bits per heavy atom. The summed E-state index contributed by atoms with van der Waals surface area (Å²) in [6.07, 6.45) is 6.01. The number of nitrogens with one attached hydrogen (secondary N) is 2. The van der Waals surface area contributed by atoms with E-state index in [1.807, 2.05) is 24.3 Å². The molecular formula is C17H24N4O3S. The summed E-state index contributed by atoms with van der Waals surface area (Å²) in [5.41, 5.74) is 0.694. The second-order valence-corrected chi connectivity index (χ2v) is 7.96. The smallest absolute Gasteiger partial charge is 0.243 e. The van der Waals surface area contributed by atoms with Crippen molar-refractivity contribution in [2.45, 2.75) is 24.2 Å². The molecule has 2 aromatic rings. The highest BCUT2D eigenvalue weighted by Crippen LogP contribution is 2.22. The van der Waals surface area contributed by atoms with E-state index < -0.39 is 10.0 Å². The Kier molecular flexibility index (Phi) is 5.72. The third-order valence-electron chi connectivity index (χ3n) is 4.44. The Morgan fingerprint density at radius 3 is 3.00 bits per heavy atom. The van der Waals surface area contributed by atoms with Gasteiger partial charge in [0.2, 0.25) is 10.0 Å². The molecule has 8 heteroatoms. The van der Waals surface area contributed by atoms with E-state index >= 15 is 0 Å². The number of ether oxygens (including phenoxy) is 1. The Balaban J connectivity index is 1.65. The predicted molar refractivity (Wildman–Crippen MR) is 95.5 cm³/mol. The summed E-state index contributed by atoms with van der Waals surface area (Å²) in [7, 11) is -1.99. The number of para-hydroxylation sites is 2. The van der Waals surface area contributed by atoms with Crippen molar-refractivity contribution >= 4 is 10.0 Å². The molecule has 0 bridgehead atoms. The molecule has 1 aromatic carbocycles. The monoisotopic (exact) mass is 364 g/mol. The zero-order valence-corrected chi connectivity index (χ0v) is 15.1. The standard InChI is InChI=1S/C17H24N4O3S/c1-24-17-7-3-2-6-16(17)21-13-15(12-19-21)25(22,23)20-10-8-14-5-4-9-18-11-14/h2-3,6-7,12-14,18,20H,4-5,8-11H2,1H3. The highest BCUT2D eigenvalue weighted by atomic mass is 32.2. The van der Waals surface area contributed by atoms with Crippen molar-refractivity contribution in [2.24, 2.45) is 5.92 Å². The molecule has 1 saturated heterocycles. The van der Waals surface area contributed by atoms with Gasteiger partial charge in [-0.1, -0.05) is 12.1 Å². The van der Waals surface area contributed by atoms with E-state index in [4.69, 9.17) is 4.74 Å². The first-order valence-corrected chi connectivity index (χ1v) is 9.97. The van der Waals surface area contributed by atoms with Gasteiger partial charge in [0.25, 0.3) is 0 Å². The molecule has 3 rings (SSSR count). The van der Waals surface area contributed by atoms with Crippen LogP contribution in [0.1, 0.15) is 19.3 Å². The molecule has 1 atom stereocenters. The maximum atomic E-state index is 12.5. The van der Waals surface area contributed by atoms with Gasteiger partial charge < -0.3 is 10.1 Å². The fourth-order valence-corrected chi connectivity index (χ4v) is 4.02. The molecule has 1 fully saturated rings. The van der Waals surface area contributed by atoms with Gasteiger partial charge in [-0.05, 0) is 50.4 Å². The van der Waals surface area contributed by atoms with Gasteiger partial charge in [-0.2, -0.15) is 5.10 Å². The molecule has 0 spiro atoms. The van der Waals surface area contributed by atoms with Crippen molar-refractivity contribution in [2.75, 3.05) is 26.7 Å². The Hall–Kier alpha value is -1.90. The molecule has 0 aliphatic carbocycles. The number of hydrogen-bond donors (Lipinski definition) is 2. The number of aromatic nitrogens is 2. The molecule has 2 heterocycles. The number of sulfonamides is 1. The van der Waals surface area contributed by atoms with E-state index in [9.17, 15) is 8.42 Å². The minimum atomic E-state index is -3.56. The predicted octanol–water partition coefficient (Wildman–Crippen LogP) is 1.55. The Bertz CT molecular complexity index is 798. The van der Waals surface area contributed by atoms with Gasteiger partial charge in [0, 0.05) is 6.54 Å². The minimum Gasteiger partial charge on any atom is -0.494 e. The average molecular weight is 364 g/mol. The van der Waals surface area contributed by atoms with Gasteiger partial charge >= 0.3 is 0 Å². The molecule has 136 valence electrons. The van der Waals surface area contributed by atoms with Crippen LogP contribution in [0.3, 0.4) is 0 Å². The lowest BCUT2D eigenvalue weighted by Crippen LogP contribution is -2.33. The fourth-order valence-electron chi connectivity index (χ4n) is 3.05. The van der Waals surface area contributed by atoms with Crippen molar-refractivity contribution in [1.82, 2.24) is 19.8 Å². The van der Waals surface area contributed by atoms with E-state index in [-0.39, 0.29) is 4.90 Å². The lowest BCUT2D eigenvalue weighted by atomic mass is 9.96. The van der Waals surface area contributed by atoms with Crippen LogP contribution in [-0.2, 0) is 10.0 Å². The first-order chi connectivity index (χ1) is 12.1. The normalized spacial score (nSPS) is 18.2. The van der Waals surface area contributed by atoms with Crippen molar-refractivity contribution in [3.63, 3.8) is 0 Å². The van der Waals surface area contributed by atoms with Crippen molar-refractivity contribution in [3.8, 4) is 11.4 Å². The van der Waals surface area contributed by atoms with E-state index in [2.05, 4.69) is 15.1 Å². The fraction of sp³-hybridized carbons (Fsp3) is 0.471. The minimum absolute atomic E-state index is 0.153. The third kappa shape index (κ3) is 4.39. The molecule has 0 amide bonds. The van der Waals surface area contributed by atoms with Crippen LogP contribution in [0.25, 0.3) is 5.69 Å². The molecular weight excluding hydrogens is 340 g/mol. The van der Waals surface area contributed by atoms with Crippen LogP contribution < -0.4 is 14.8 Å². The molecule has 1 aliphatic rings. The first kappa shape index (κ1) is 17.9. The number of methoxy groups -OCH3 is 1. The van der Waals surface area contributed by atoms with Crippen molar-refractivity contribution < 1.29 is 13.2 Å². The summed E-state index contributed by atoms with van der Waals surface area (Å²) >= 11 is 0. The zero-order valence-electron chi connectivity index (χ0n) is 14.3. The summed E-state index contributed by atoms with van der Waals surface area (Å²) in [6.45, 7) is 2.46. The summed E-state index contributed by atoms with van der Waals surface area (Å²) in [4.78, 5) is 0.153. The van der Waals surface area contributed by atoms with Gasteiger partial charge in [-0.25, -0.2) is 17.8 Å². The van der Waals surface area contributed by atoms with E-state index in [0.29, 0.717) is 23.9 Å². The number of rotatable bonds is 7. The first-order valence-electron chi connectivity index (χ1n) is 8.48. The number of hydrogen-bond acceptors (Lipinski definition) is 5. The number of nitrogens with zero attached hydrogens (tertiary/aromatic N) is 2. The molecule has 0 radical (unpaired) electrons. The average Bonchev–Trinajstić information content (AvgIpc) is 3.13. The van der Waals surface area contributed by atoms with E-state index in [1.54, 1.807) is 7.11 Å². The molecule has 2 N–H and O–H groups in total. The van der Waals surface area contributed by atoms with Gasteiger partial charge in [-0.3, -0.25) is 0 Å². The maximum absolute atomic E-state index is 12.5. The highest BCUT2D eigenvalue weighted by Gasteiger charge is 2.19. The highest BCUT2D eigenvalue weighted by molar-refractivity contribution is 7.89. The summed E-state index contributed by atoms with van der Waals surface area (Å²) in [5, 5.41) is 7.51. The molecule has 1 aliphatic heterocycles. The lowest BCUT2D eigenvalue weighted by molar-refractivity contribution is 0.358. The Labute approximate surface area is 148 Å². The number of piperidine rings is 1. The Morgan fingerprint density at radius 1 is 1.40 bits per heavy atom. The maximum Gasteiger partial charge on any atom is 0.243 e. The van der Waals surface area contributed by atoms with E-state index in [0.717, 1.165) is 32.4 Å². The third-order valence-corrected chi connectivity index (χ3v) is 5.86. The van der Waals surface area contributed by atoms with Gasteiger partial charge in [0.15, 0.2) is 0 Å². The molecule has 1 aromatic heterocycles. The van der Waals surface area contributed by atoms with Gasteiger partial charge in [0.1, 0.15) is 16.3 Å². The van der Waals surface area contributed by atoms with Crippen LogP contribution >= 0.6 is 0 Å². The van der Waals surface area contributed by atoms with Crippen LogP contribution in [0.15, 0.2) is 41.6 Å². The van der Waals surface area contributed by atoms with Crippen LogP contribution in [0.5, 0.6) is 5.75 Å².